The third kappa shape index (κ3) is 3.13. The standard InChI is InChI=1S/C20H20N4O4/c1-4-7-24-17-6-5-12(10-16(17)21-20(24)25)18-22-19(28-23-18)13-8-14(26-2)11-15(9-13)27-3/h5-6,8-11H,4,7H2,1-3H3,(H,21,25). The zero-order valence-electron chi connectivity index (χ0n) is 15.9. The first-order valence-corrected chi connectivity index (χ1v) is 8.93. The summed E-state index contributed by atoms with van der Waals surface area (Å²) in [6, 6.07) is 11.0. The zero-order valence-corrected chi connectivity index (χ0v) is 15.9. The molecular weight excluding hydrogens is 360 g/mol. The number of imidazole rings is 1. The number of benzene rings is 2. The number of H-pyrrole nitrogens is 1. The van der Waals surface area contributed by atoms with Crippen LogP contribution < -0.4 is 15.2 Å². The highest BCUT2D eigenvalue weighted by molar-refractivity contribution is 5.80. The summed E-state index contributed by atoms with van der Waals surface area (Å²) in [5.74, 6) is 2.04. The Morgan fingerprint density at radius 1 is 1.07 bits per heavy atom. The van der Waals surface area contributed by atoms with Crippen molar-refractivity contribution in [2.75, 3.05) is 14.2 Å². The molecule has 2 heterocycles. The average Bonchev–Trinajstić information content (AvgIpc) is 3.32. The average molecular weight is 380 g/mol. The molecule has 28 heavy (non-hydrogen) atoms. The van der Waals surface area contributed by atoms with Gasteiger partial charge >= 0.3 is 5.69 Å². The smallest absolute Gasteiger partial charge is 0.326 e. The molecular formula is C20H20N4O4. The maximum atomic E-state index is 12.1. The van der Waals surface area contributed by atoms with Crippen LogP contribution in [-0.4, -0.2) is 33.9 Å². The maximum Gasteiger partial charge on any atom is 0.326 e. The molecule has 0 aliphatic rings. The summed E-state index contributed by atoms with van der Waals surface area (Å²) in [7, 11) is 3.16. The van der Waals surface area contributed by atoms with Gasteiger partial charge in [0.25, 0.3) is 5.89 Å². The summed E-state index contributed by atoms with van der Waals surface area (Å²) in [4.78, 5) is 19.5. The monoisotopic (exact) mass is 380 g/mol. The highest BCUT2D eigenvalue weighted by Gasteiger charge is 2.15. The Bertz CT molecular complexity index is 1170. The molecule has 0 atom stereocenters. The number of aryl methyl sites for hydroxylation is 1. The van der Waals surface area contributed by atoms with E-state index >= 15 is 0 Å². The molecule has 4 rings (SSSR count). The Hall–Kier alpha value is -3.55. The number of hydrogen-bond donors (Lipinski definition) is 1. The predicted octanol–water partition coefficient (Wildman–Crippen LogP) is 3.47. The zero-order chi connectivity index (χ0) is 19.7. The van der Waals surface area contributed by atoms with Crippen molar-refractivity contribution in [3.8, 4) is 34.3 Å². The summed E-state index contributed by atoms with van der Waals surface area (Å²) in [6.07, 6.45) is 0.882. The Balaban J connectivity index is 1.72. The normalized spacial score (nSPS) is 11.1. The summed E-state index contributed by atoms with van der Waals surface area (Å²) in [5.41, 5.74) is 2.93. The minimum Gasteiger partial charge on any atom is -0.497 e. The lowest BCUT2D eigenvalue weighted by Crippen LogP contribution is -2.16. The van der Waals surface area contributed by atoms with Crippen LogP contribution in [0.15, 0.2) is 45.7 Å². The molecule has 0 bridgehead atoms. The van der Waals surface area contributed by atoms with Gasteiger partial charge in [0.1, 0.15) is 11.5 Å². The molecule has 0 amide bonds. The van der Waals surface area contributed by atoms with Gasteiger partial charge in [0.2, 0.25) is 5.82 Å². The molecule has 0 aliphatic carbocycles. The summed E-state index contributed by atoms with van der Waals surface area (Å²) in [6.45, 7) is 2.70. The molecule has 1 N–H and O–H groups in total. The maximum absolute atomic E-state index is 12.1. The summed E-state index contributed by atoms with van der Waals surface area (Å²) >= 11 is 0. The van der Waals surface area contributed by atoms with Crippen molar-refractivity contribution in [2.24, 2.45) is 0 Å². The number of aromatic nitrogens is 4. The second-order valence-corrected chi connectivity index (χ2v) is 6.34. The molecule has 4 aromatic rings. The topological polar surface area (TPSA) is 95.2 Å². The molecule has 2 aromatic carbocycles. The van der Waals surface area contributed by atoms with Gasteiger partial charge in [0, 0.05) is 23.7 Å². The molecule has 0 aliphatic heterocycles. The second-order valence-electron chi connectivity index (χ2n) is 6.34. The Morgan fingerprint density at radius 3 is 2.50 bits per heavy atom. The number of nitrogens with one attached hydrogen (secondary N) is 1. The largest absolute Gasteiger partial charge is 0.497 e. The fraction of sp³-hybridized carbons (Fsp3) is 0.250. The summed E-state index contributed by atoms with van der Waals surface area (Å²) < 4.78 is 17.7. The Morgan fingerprint density at radius 2 is 1.82 bits per heavy atom. The van der Waals surface area contributed by atoms with Crippen molar-refractivity contribution in [1.82, 2.24) is 19.7 Å². The van der Waals surface area contributed by atoms with Gasteiger partial charge in [-0.25, -0.2) is 4.79 Å². The Kier molecular flexibility index (Phi) is 4.60. The first-order valence-electron chi connectivity index (χ1n) is 8.93. The molecule has 0 radical (unpaired) electrons. The predicted molar refractivity (Wildman–Crippen MR) is 105 cm³/mol. The number of fused-ring (bicyclic) bond motifs is 1. The van der Waals surface area contributed by atoms with Crippen LogP contribution in [0.1, 0.15) is 13.3 Å². The van der Waals surface area contributed by atoms with Gasteiger partial charge in [-0.05, 0) is 36.8 Å². The van der Waals surface area contributed by atoms with Gasteiger partial charge in [-0.2, -0.15) is 4.98 Å². The molecule has 0 saturated carbocycles. The van der Waals surface area contributed by atoms with Crippen molar-refractivity contribution >= 4 is 11.0 Å². The molecule has 8 heteroatoms. The van der Waals surface area contributed by atoms with Crippen LogP contribution in [0, 0.1) is 0 Å². The van der Waals surface area contributed by atoms with Crippen LogP contribution in [0.4, 0.5) is 0 Å². The van der Waals surface area contributed by atoms with E-state index in [2.05, 4.69) is 15.1 Å². The van der Waals surface area contributed by atoms with E-state index in [1.807, 2.05) is 25.1 Å². The van der Waals surface area contributed by atoms with E-state index in [1.165, 1.54) is 0 Å². The van der Waals surface area contributed by atoms with Crippen molar-refractivity contribution in [3.63, 3.8) is 0 Å². The van der Waals surface area contributed by atoms with E-state index in [9.17, 15) is 4.79 Å². The fourth-order valence-corrected chi connectivity index (χ4v) is 3.14. The summed E-state index contributed by atoms with van der Waals surface area (Å²) in [5, 5.41) is 4.08. The molecule has 0 unspecified atom stereocenters. The van der Waals surface area contributed by atoms with E-state index in [-0.39, 0.29) is 5.69 Å². The lowest BCUT2D eigenvalue weighted by atomic mass is 10.1. The van der Waals surface area contributed by atoms with Crippen molar-refractivity contribution in [3.05, 3.63) is 46.9 Å². The minimum atomic E-state index is -0.119. The molecule has 0 saturated heterocycles. The molecule has 0 spiro atoms. The van der Waals surface area contributed by atoms with E-state index in [1.54, 1.807) is 37.0 Å². The number of nitrogens with zero attached hydrogens (tertiary/aromatic N) is 3. The quantitative estimate of drug-likeness (QED) is 0.550. The highest BCUT2D eigenvalue weighted by atomic mass is 16.5. The molecule has 144 valence electrons. The van der Waals surface area contributed by atoms with Gasteiger partial charge < -0.3 is 19.0 Å². The van der Waals surface area contributed by atoms with Gasteiger partial charge in [-0.15, -0.1) is 0 Å². The molecule has 2 aromatic heterocycles. The molecule has 8 nitrogen and oxygen atoms in total. The van der Waals surface area contributed by atoms with E-state index in [4.69, 9.17) is 14.0 Å². The van der Waals surface area contributed by atoms with Crippen LogP contribution in [0.2, 0.25) is 0 Å². The number of ether oxygens (including phenoxy) is 2. The fourth-order valence-electron chi connectivity index (χ4n) is 3.14. The second kappa shape index (κ2) is 7.22. The first kappa shape index (κ1) is 17.8. The van der Waals surface area contributed by atoms with Crippen LogP contribution in [0.3, 0.4) is 0 Å². The van der Waals surface area contributed by atoms with Crippen LogP contribution >= 0.6 is 0 Å². The van der Waals surface area contributed by atoms with E-state index in [0.717, 1.165) is 23.0 Å². The van der Waals surface area contributed by atoms with Crippen LogP contribution in [-0.2, 0) is 6.54 Å². The SMILES string of the molecule is CCCn1c(=O)[nH]c2cc(-c3noc(-c4cc(OC)cc(OC)c4)n3)ccc21. The highest BCUT2D eigenvalue weighted by Crippen LogP contribution is 2.30. The number of hydrogen-bond acceptors (Lipinski definition) is 6. The minimum absolute atomic E-state index is 0.119. The van der Waals surface area contributed by atoms with Crippen LogP contribution in [0.25, 0.3) is 33.9 Å². The van der Waals surface area contributed by atoms with E-state index < -0.39 is 0 Å². The van der Waals surface area contributed by atoms with Gasteiger partial charge in [0.15, 0.2) is 0 Å². The third-order valence-electron chi connectivity index (χ3n) is 4.50. The lowest BCUT2D eigenvalue weighted by Gasteiger charge is -2.05. The van der Waals surface area contributed by atoms with Gasteiger partial charge in [-0.3, -0.25) is 4.57 Å². The van der Waals surface area contributed by atoms with E-state index in [0.29, 0.717) is 35.3 Å². The number of rotatable bonds is 6. The van der Waals surface area contributed by atoms with Crippen molar-refractivity contribution in [1.29, 1.82) is 0 Å². The first-order chi connectivity index (χ1) is 13.6. The van der Waals surface area contributed by atoms with Crippen molar-refractivity contribution < 1.29 is 14.0 Å². The van der Waals surface area contributed by atoms with Gasteiger partial charge in [-0.1, -0.05) is 12.1 Å². The third-order valence-corrected chi connectivity index (χ3v) is 4.50. The van der Waals surface area contributed by atoms with Gasteiger partial charge in [0.05, 0.1) is 25.3 Å². The van der Waals surface area contributed by atoms with Crippen molar-refractivity contribution in [2.45, 2.75) is 19.9 Å². The number of aromatic amines is 1. The Labute approximate surface area is 160 Å². The molecule has 0 fully saturated rings. The number of methoxy groups -OCH3 is 2. The van der Waals surface area contributed by atoms with Crippen LogP contribution in [0.5, 0.6) is 11.5 Å². The lowest BCUT2D eigenvalue weighted by molar-refractivity contribution is 0.393.